The smallest absolute Gasteiger partial charge is 0.234 e. The van der Waals surface area contributed by atoms with Gasteiger partial charge in [-0.25, -0.2) is 0 Å². The number of amides is 2. The average Bonchev–Trinajstić information content (AvgIpc) is 3.49. The van der Waals surface area contributed by atoms with Crippen molar-refractivity contribution in [2.75, 3.05) is 7.11 Å². The molecule has 2 heterocycles. The number of hydrogen-bond acceptors (Lipinski definition) is 7. The summed E-state index contributed by atoms with van der Waals surface area (Å²) >= 11 is 4.72. The lowest BCUT2D eigenvalue weighted by Crippen LogP contribution is -2.39. The summed E-state index contributed by atoms with van der Waals surface area (Å²) in [5.41, 5.74) is 2.20. The summed E-state index contributed by atoms with van der Waals surface area (Å²) in [5.74, 6) is -2.92. The van der Waals surface area contributed by atoms with Crippen molar-refractivity contribution < 1.29 is 29.0 Å². The third kappa shape index (κ3) is 3.67. The highest BCUT2D eigenvalue weighted by molar-refractivity contribution is 9.12. The number of aromatic hydroxyl groups is 1. The number of fused-ring (bicyclic) bond motifs is 3. The van der Waals surface area contributed by atoms with E-state index < -0.39 is 23.7 Å². The maximum Gasteiger partial charge on any atom is 0.234 e. The Labute approximate surface area is 225 Å². The lowest BCUT2D eigenvalue weighted by Gasteiger charge is -2.42. The minimum atomic E-state index is -0.617. The first-order valence-electron chi connectivity index (χ1n) is 11.9. The summed E-state index contributed by atoms with van der Waals surface area (Å²) in [6, 6.07) is 8.71. The van der Waals surface area contributed by atoms with Crippen molar-refractivity contribution in [3.63, 3.8) is 0 Å². The summed E-state index contributed by atoms with van der Waals surface area (Å²) in [7, 11) is 1.45. The van der Waals surface area contributed by atoms with E-state index in [4.69, 9.17) is 4.74 Å². The zero-order chi connectivity index (χ0) is 26.0. The van der Waals surface area contributed by atoms with E-state index in [-0.39, 0.29) is 52.3 Å². The SMILES string of the molecule is COc1ccc(C2C3=CCC4C(=O)N(Cc5cccs5)C(=O)C4C3CC3=C2C(=O)C=C(Br)C3=O)cc1O. The third-order valence-corrected chi connectivity index (χ3v) is 9.30. The van der Waals surface area contributed by atoms with Gasteiger partial charge in [-0.2, -0.15) is 0 Å². The molecule has 188 valence electrons. The predicted molar refractivity (Wildman–Crippen MR) is 139 cm³/mol. The molecule has 4 aliphatic rings. The van der Waals surface area contributed by atoms with Crippen molar-refractivity contribution in [2.24, 2.45) is 17.8 Å². The van der Waals surface area contributed by atoms with Crippen LogP contribution in [-0.4, -0.2) is 40.5 Å². The molecule has 2 aromatic rings. The number of halogens is 1. The number of Topliss-reactive ketones (excluding diaryl/α,β-unsaturated/α-hetero) is 1. The number of benzene rings is 1. The molecule has 3 aliphatic carbocycles. The van der Waals surface area contributed by atoms with Crippen LogP contribution in [0.3, 0.4) is 0 Å². The number of ketones is 2. The molecule has 4 unspecified atom stereocenters. The summed E-state index contributed by atoms with van der Waals surface area (Å²) < 4.78 is 5.37. The van der Waals surface area contributed by atoms with Gasteiger partial charge in [0.05, 0.1) is 30.0 Å². The van der Waals surface area contributed by atoms with Crippen LogP contribution in [0.15, 0.2) is 69.1 Å². The highest BCUT2D eigenvalue weighted by Gasteiger charge is 2.56. The second-order valence-electron chi connectivity index (χ2n) is 9.67. The van der Waals surface area contributed by atoms with Gasteiger partial charge in [0.15, 0.2) is 23.1 Å². The highest BCUT2D eigenvalue weighted by Crippen LogP contribution is 2.55. The number of hydrogen-bond donors (Lipinski definition) is 1. The summed E-state index contributed by atoms with van der Waals surface area (Å²) in [6.07, 6.45) is 3.84. The van der Waals surface area contributed by atoms with Crippen molar-refractivity contribution in [3.8, 4) is 11.5 Å². The van der Waals surface area contributed by atoms with Gasteiger partial charge in [0.2, 0.25) is 11.8 Å². The molecule has 1 aromatic carbocycles. The van der Waals surface area contributed by atoms with Crippen LogP contribution in [0.5, 0.6) is 11.5 Å². The molecule has 9 heteroatoms. The number of thiophene rings is 1. The van der Waals surface area contributed by atoms with E-state index in [1.807, 2.05) is 23.6 Å². The number of ether oxygens (including phenoxy) is 1. The second-order valence-corrected chi connectivity index (χ2v) is 11.6. The standard InChI is InChI=1S/C28H22BrNO6S/c1-36-22-7-4-13(9-20(22)31)23-15-5-6-16-24(28(35)30(27(16)34)12-14-3-2-8-37-14)17(15)10-18-25(23)21(32)11-19(29)26(18)33/h2-5,7-9,11,16-17,23-24,31H,6,10,12H2,1H3. The Balaban J connectivity index is 1.46. The van der Waals surface area contributed by atoms with Gasteiger partial charge in [-0.1, -0.05) is 23.8 Å². The van der Waals surface area contributed by atoms with Crippen molar-refractivity contribution in [1.29, 1.82) is 0 Å². The van der Waals surface area contributed by atoms with Crippen LogP contribution in [0.25, 0.3) is 0 Å². The lowest BCUT2D eigenvalue weighted by atomic mass is 9.59. The van der Waals surface area contributed by atoms with Crippen LogP contribution in [0, 0.1) is 17.8 Å². The zero-order valence-electron chi connectivity index (χ0n) is 19.8. The molecule has 0 bridgehead atoms. The van der Waals surface area contributed by atoms with Crippen LogP contribution < -0.4 is 4.74 Å². The Bertz CT molecular complexity index is 1470. The Morgan fingerprint density at radius 3 is 2.65 bits per heavy atom. The Morgan fingerprint density at radius 1 is 1.14 bits per heavy atom. The molecule has 0 saturated carbocycles. The average molecular weight is 580 g/mol. The minimum Gasteiger partial charge on any atom is -0.504 e. The number of phenols is 1. The maximum atomic E-state index is 13.7. The van der Waals surface area contributed by atoms with Gasteiger partial charge in [0, 0.05) is 28.0 Å². The maximum absolute atomic E-state index is 13.7. The van der Waals surface area contributed by atoms with Gasteiger partial charge in [-0.05, 0) is 63.8 Å². The van der Waals surface area contributed by atoms with E-state index in [0.29, 0.717) is 23.1 Å². The molecular weight excluding hydrogens is 558 g/mol. The number of carbonyl (C=O) groups excluding carboxylic acids is 4. The molecular formula is C28H22BrNO6S. The molecule has 1 saturated heterocycles. The number of allylic oxidation sites excluding steroid dienone is 6. The van der Waals surface area contributed by atoms with Gasteiger partial charge in [0.1, 0.15) is 0 Å². The van der Waals surface area contributed by atoms with E-state index in [0.717, 1.165) is 10.5 Å². The van der Waals surface area contributed by atoms with Crippen LogP contribution >= 0.6 is 27.3 Å². The molecule has 37 heavy (non-hydrogen) atoms. The van der Waals surface area contributed by atoms with Crippen LogP contribution in [0.2, 0.25) is 0 Å². The van der Waals surface area contributed by atoms with Gasteiger partial charge in [-0.3, -0.25) is 24.1 Å². The van der Waals surface area contributed by atoms with Gasteiger partial charge < -0.3 is 9.84 Å². The predicted octanol–water partition coefficient (Wildman–Crippen LogP) is 4.42. The zero-order valence-corrected chi connectivity index (χ0v) is 22.2. The summed E-state index contributed by atoms with van der Waals surface area (Å²) in [6.45, 7) is 0.236. The Hall–Kier alpha value is -3.30. The number of carbonyl (C=O) groups is 4. The quantitative estimate of drug-likeness (QED) is 0.327. The summed E-state index contributed by atoms with van der Waals surface area (Å²) in [5, 5.41) is 12.4. The second kappa shape index (κ2) is 8.92. The molecule has 1 fully saturated rings. The number of nitrogens with zero attached hydrogens (tertiary/aromatic N) is 1. The van der Waals surface area contributed by atoms with Crippen LogP contribution in [0.1, 0.15) is 29.2 Å². The largest absolute Gasteiger partial charge is 0.504 e. The fraction of sp³-hybridized carbons (Fsp3) is 0.286. The fourth-order valence-electron chi connectivity index (χ4n) is 6.25. The monoisotopic (exact) mass is 579 g/mol. The highest BCUT2D eigenvalue weighted by atomic mass is 79.9. The minimum absolute atomic E-state index is 0.0842. The number of methoxy groups -OCH3 is 1. The Morgan fingerprint density at radius 2 is 1.95 bits per heavy atom. The van der Waals surface area contributed by atoms with Crippen molar-refractivity contribution in [3.05, 3.63) is 79.5 Å². The van der Waals surface area contributed by atoms with E-state index in [1.165, 1.54) is 29.4 Å². The summed E-state index contributed by atoms with van der Waals surface area (Å²) in [4.78, 5) is 55.9. The molecule has 7 nitrogen and oxygen atoms in total. The van der Waals surface area contributed by atoms with Gasteiger partial charge in [-0.15, -0.1) is 11.3 Å². The molecule has 2 amide bonds. The lowest BCUT2D eigenvalue weighted by molar-refractivity contribution is -0.140. The fourth-order valence-corrected chi connectivity index (χ4v) is 7.39. The number of rotatable bonds is 4. The number of phenolic OH excluding ortho intramolecular Hbond substituents is 1. The molecule has 1 N–H and O–H groups in total. The van der Waals surface area contributed by atoms with Crippen LogP contribution in [-0.2, 0) is 25.7 Å². The third-order valence-electron chi connectivity index (χ3n) is 7.85. The van der Waals surface area contributed by atoms with E-state index in [1.54, 1.807) is 18.2 Å². The van der Waals surface area contributed by atoms with Crippen molar-refractivity contribution in [1.82, 2.24) is 4.90 Å². The Kier molecular flexibility index (Phi) is 5.80. The van der Waals surface area contributed by atoms with E-state index in [9.17, 15) is 24.3 Å². The van der Waals surface area contributed by atoms with Crippen molar-refractivity contribution in [2.45, 2.75) is 25.3 Å². The van der Waals surface area contributed by atoms with Gasteiger partial charge in [0.25, 0.3) is 0 Å². The van der Waals surface area contributed by atoms with Crippen molar-refractivity contribution >= 4 is 50.6 Å². The topological polar surface area (TPSA) is 101 Å². The van der Waals surface area contributed by atoms with Gasteiger partial charge >= 0.3 is 0 Å². The number of imide groups is 1. The first-order valence-corrected chi connectivity index (χ1v) is 13.6. The van der Waals surface area contributed by atoms with Crippen LogP contribution in [0.4, 0.5) is 0 Å². The molecule has 6 rings (SSSR count). The first kappa shape index (κ1) is 24.1. The molecule has 1 aromatic heterocycles. The normalized spacial score (nSPS) is 27.0. The molecule has 1 aliphatic heterocycles. The molecule has 0 spiro atoms. The van der Waals surface area contributed by atoms with E-state index >= 15 is 0 Å². The number of likely N-dealkylation sites (tertiary alicyclic amines) is 1. The molecule has 4 atom stereocenters. The molecule has 0 radical (unpaired) electrons. The first-order chi connectivity index (χ1) is 17.8. The van der Waals surface area contributed by atoms with E-state index in [2.05, 4.69) is 15.9 Å².